The van der Waals surface area contributed by atoms with Crippen LogP contribution in [0.25, 0.3) is 10.9 Å². The fraction of sp³-hybridized carbons (Fsp3) is 0.250. The van der Waals surface area contributed by atoms with Crippen molar-refractivity contribution in [2.45, 2.75) is 25.2 Å². The topological polar surface area (TPSA) is 96.8 Å². The first-order chi connectivity index (χ1) is 11.3. The molecule has 7 nitrogen and oxygen atoms in total. The molecule has 0 atom stereocenters. The molecular weight excluding hydrogens is 328 g/mol. The number of hydrogen-bond acceptors (Lipinski definition) is 4. The van der Waals surface area contributed by atoms with Crippen LogP contribution in [0.15, 0.2) is 40.0 Å². The highest BCUT2D eigenvalue weighted by Crippen LogP contribution is 2.21. The standard InChI is InChI=1S/C16H18N4O3S/c1-4-11-6-5-7-12(9-11)24(22,23)19-15-14-13(17-18-15)8-10(2)20(3)16(14)21/h5-9H,4H2,1-3H3,(H2,17,18,19). The lowest BCUT2D eigenvalue weighted by Crippen LogP contribution is -2.20. The van der Waals surface area contributed by atoms with Crippen LogP contribution in [0.5, 0.6) is 0 Å². The van der Waals surface area contributed by atoms with Crippen molar-refractivity contribution in [2.75, 3.05) is 4.72 Å². The van der Waals surface area contributed by atoms with Crippen molar-refractivity contribution in [3.63, 3.8) is 0 Å². The third kappa shape index (κ3) is 2.69. The molecule has 8 heteroatoms. The van der Waals surface area contributed by atoms with Gasteiger partial charge in [-0.2, -0.15) is 5.10 Å². The number of nitrogens with zero attached hydrogens (tertiary/aromatic N) is 2. The number of benzene rings is 1. The second-order valence-corrected chi connectivity index (χ2v) is 7.30. The van der Waals surface area contributed by atoms with Crippen LogP contribution in [0.3, 0.4) is 0 Å². The second kappa shape index (κ2) is 5.79. The van der Waals surface area contributed by atoms with Gasteiger partial charge in [0.05, 0.1) is 10.4 Å². The zero-order valence-corrected chi connectivity index (χ0v) is 14.4. The Bertz CT molecular complexity index is 1080. The summed E-state index contributed by atoms with van der Waals surface area (Å²) < 4.78 is 29.1. The first-order valence-corrected chi connectivity index (χ1v) is 8.98. The molecule has 0 amide bonds. The third-order valence-electron chi connectivity index (χ3n) is 4.04. The summed E-state index contributed by atoms with van der Waals surface area (Å²) in [6, 6.07) is 8.43. The van der Waals surface area contributed by atoms with Gasteiger partial charge in [-0.05, 0) is 37.1 Å². The van der Waals surface area contributed by atoms with Crippen molar-refractivity contribution >= 4 is 26.7 Å². The SMILES string of the molecule is CCc1cccc(S(=O)(=O)Nc2n[nH]c3cc(C)n(C)c(=O)c23)c1. The molecule has 0 aliphatic heterocycles. The fourth-order valence-corrected chi connectivity index (χ4v) is 3.59. The molecule has 2 aromatic heterocycles. The number of rotatable bonds is 4. The van der Waals surface area contributed by atoms with Crippen LogP contribution in [0, 0.1) is 6.92 Å². The largest absolute Gasteiger partial charge is 0.315 e. The molecule has 0 bridgehead atoms. The first-order valence-electron chi connectivity index (χ1n) is 7.50. The van der Waals surface area contributed by atoms with Gasteiger partial charge < -0.3 is 4.57 Å². The molecule has 0 radical (unpaired) electrons. The second-order valence-electron chi connectivity index (χ2n) is 5.62. The van der Waals surface area contributed by atoms with E-state index in [1.54, 1.807) is 32.2 Å². The van der Waals surface area contributed by atoms with Crippen molar-refractivity contribution in [3.05, 3.63) is 51.9 Å². The molecule has 0 spiro atoms. The van der Waals surface area contributed by atoms with E-state index in [2.05, 4.69) is 14.9 Å². The molecular formula is C16H18N4O3S. The minimum absolute atomic E-state index is 0.00695. The number of fused-ring (bicyclic) bond motifs is 1. The molecule has 0 saturated heterocycles. The maximum atomic E-state index is 12.6. The van der Waals surface area contributed by atoms with Crippen molar-refractivity contribution in [3.8, 4) is 0 Å². The molecule has 1 aromatic carbocycles. The molecule has 0 aliphatic rings. The van der Waals surface area contributed by atoms with Crippen molar-refractivity contribution in [2.24, 2.45) is 7.05 Å². The van der Waals surface area contributed by atoms with E-state index in [0.717, 1.165) is 17.7 Å². The average molecular weight is 346 g/mol. The Balaban J connectivity index is 2.09. The number of H-pyrrole nitrogens is 1. The smallest absolute Gasteiger partial charge is 0.263 e. The van der Waals surface area contributed by atoms with Crippen LogP contribution >= 0.6 is 0 Å². The molecule has 2 heterocycles. The Hall–Kier alpha value is -2.61. The minimum Gasteiger partial charge on any atom is -0.315 e. The van der Waals surface area contributed by atoms with Gasteiger partial charge >= 0.3 is 0 Å². The number of nitrogens with one attached hydrogen (secondary N) is 2. The third-order valence-corrected chi connectivity index (χ3v) is 5.38. The van der Waals surface area contributed by atoms with E-state index in [0.29, 0.717) is 5.52 Å². The summed E-state index contributed by atoms with van der Waals surface area (Å²) >= 11 is 0. The Kier molecular flexibility index (Phi) is 3.92. The Morgan fingerprint density at radius 3 is 2.75 bits per heavy atom. The van der Waals surface area contributed by atoms with Crippen molar-refractivity contribution < 1.29 is 8.42 Å². The van der Waals surface area contributed by atoms with Crippen LogP contribution in [0.1, 0.15) is 18.2 Å². The van der Waals surface area contributed by atoms with Crippen molar-refractivity contribution in [1.82, 2.24) is 14.8 Å². The van der Waals surface area contributed by atoms with Gasteiger partial charge in [-0.1, -0.05) is 19.1 Å². The number of sulfonamides is 1. The molecule has 24 heavy (non-hydrogen) atoms. The molecule has 3 rings (SSSR count). The summed E-state index contributed by atoms with van der Waals surface area (Å²) in [6.07, 6.45) is 0.731. The average Bonchev–Trinajstić information content (AvgIpc) is 2.94. The van der Waals surface area contributed by atoms with Crippen LogP contribution in [-0.4, -0.2) is 23.2 Å². The maximum Gasteiger partial charge on any atom is 0.263 e. The molecule has 0 unspecified atom stereocenters. The van der Waals surface area contributed by atoms with Crippen LogP contribution in [0.2, 0.25) is 0 Å². The minimum atomic E-state index is -3.83. The maximum absolute atomic E-state index is 12.6. The molecule has 2 N–H and O–H groups in total. The molecule has 0 fully saturated rings. The van der Waals surface area contributed by atoms with E-state index in [1.807, 2.05) is 13.0 Å². The van der Waals surface area contributed by atoms with Gasteiger partial charge in [-0.15, -0.1) is 0 Å². The van der Waals surface area contributed by atoms with E-state index < -0.39 is 10.0 Å². The number of pyridine rings is 1. The van der Waals surface area contributed by atoms with Gasteiger partial charge in [0.2, 0.25) is 0 Å². The highest BCUT2D eigenvalue weighted by atomic mass is 32.2. The van der Waals surface area contributed by atoms with Gasteiger partial charge in [0.25, 0.3) is 15.6 Å². The van der Waals surface area contributed by atoms with Gasteiger partial charge in [-0.25, -0.2) is 8.42 Å². The first kappa shape index (κ1) is 16.3. The summed E-state index contributed by atoms with van der Waals surface area (Å²) in [5, 5.41) is 6.89. The van der Waals surface area contributed by atoms with E-state index in [-0.39, 0.29) is 21.7 Å². The lowest BCUT2D eigenvalue weighted by atomic mass is 10.2. The van der Waals surface area contributed by atoms with Crippen LogP contribution in [-0.2, 0) is 23.5 Å². The number of anilines is 1. The van der Waals surface area contributed by atoms with Gasteiger partial charge in [0.15, 0.2) is 5.82 Å². The lowest BCUT2D eigenvalue weighted by molar-refractivity contribution is 0.601. The zero-order valence-electron chi connectivity index (χ0n) is 13.6. The highest BCUT2D eigenvalue weighted by molar-refractivity contribution is 7.92. The summed E-state index contributed by atoms with van der Waals surface area (Å²) in [7, 11) is -2.20. The van der Waals surface area contributed by atoms with Gasteiger partial charge in [0.1, 0.15) is 5.39 Å². The number of aromatic amines is 1. The van der Waals surface area contributed by atoms with E-state index in [9.17, 15) is 13.2 Å². The number of aromatic nitrogens is 3. The summed E-state index contributed by atoms with van der Waals surface area (Å²) in [5.41, 5.74) is 1.85. The van der Waals surface area contributed by atoms with Gasteiger partial charge in [0, 0.05) is 12.7 Å². The summed E-state index contributed by atoms with van der Waals surface area (Å²) in [4.78, 5) is 12.6. The van der Waals surface area contributed by atoms with Crippen LogP contribution < -0.4 is 10.3 Å². The predicted molar refractivity (Wildman–Crippen MR) is 92.7 cm³/mol. The van der Waals surface area contributed by atoms with Crippen molar-refractivity contribution in [1.29, 1.82) is 0 Å². The molecule has 126 valence electrons. The quantitative estimate of drug-likeness (QED) is 0.754. The Labute approximate surface area is 139 Å². The molecule has 0 saturated carbocycles. The van der Waals surface area contributed by atoms with E-state index in [1.165, 1.54) is 10.6 Å². The number of hydrogen-bond donors (Lipinski definition) is 2. The fourth-order valence-electron chi connectivity index (χ4n) is 2.50. The van der Waals surface area contributed by atoms with Crippen LogP contribution in [0.4, 0.5) is 5.82 Å². The normalized spacial score (nSPS) is 11.8. The van der Waals surface area contributed by atoms with E-state index >= 15 is 0 Å². The number of aryl methyl sites for hydroxylation is 2. The predicted octanol–water partition coefficient (Wildman–Crippen LogP) is 1.93. The highest BCUT2D eigenvalue weighted by Gasteiger charge is 2.20. The zero-order chi connectivity index (χ0) is 17.5. The molecule has 3 aromatic rings. The monoisotopic (exact) mass is 346 g/mol. The summed E-state index contributed by atoms with van der Waals surface area (Å²) in [6.45, 7) is 3.74. The van der Waals surface area contributed by atoms with E-state index in [4.69, 9.17) is 0 Å². The Morgan fingerprint density at radius 1 is 1.29 bits per heavy atom. The Morgan fingerprint density at radius 2 is 2.04 bits per heavy atom. The van der Waals surface area contributed by atoms with Gasteiger partial charge in [-0.3, -0.25) is 14.6 Å². The lowest BCUT2D eigenvalue weighted by Gasteiger charge is -2.08. The molecule has 0 aliphatic carbocycles. The summed E-state index contributed by atoms with van der Waals surface area (Å²) in [5.74, 6) is 0.00695.